The molecule has 4 nitrogen and oxygen atoms in total. The van der Waals surface area contributed by atoms with Gasteiger partial charge in [0.25, 0.3) is 0 Å². The zero-order valence-electron chi connectivity index (χ0n) is 6.24. The van der Waals surface area contributed by atoms with Crippen molar-refractivity contribution in [1.82, 2.24) is 10.2 Å². The number of hydrogen-bond donors (Lipinski definition) is 1. The van der Waals surface area contributed by atoms with Crippen molar-refractivity contribution in [2.24, 2.45) is 0 Å². The lowest BCUT2D eigenvalue weighted by atomic mass is 10.3. The summed E-state index contributed by atoms with van der Waals surface area (Å²) in [5, 5.41) is 10.7. The fraction of sp³-hybridized carbons (Fsp3) is 0.429. The van der Waals surface area contributed by atoms with Gasteiger partial charge in [-0.05, 0) is 6.92 Å². The molecule has 1 aromatic rings. The standard InChI is InChI=1S/C7H9N3O/c1-5-4-11-7-3-9-8-2-6(7)10-5/h2-3,5,10H,4H2,1H3. The van der Waals surface area contributed by atoms with E-state index < -0.39 is 0 Å². The molecule has 0 fully saturated rings. The van der Waals surface area contributed by atoms with Crippen molar-refractivity contribution in [3.63, 3.8) is 0 Å². The normalized spacial score (nSPS) is 21.4. The van der Waals surface area contributed by atoms with Gasteiger partial charge in [-0.15, -0.1) is 0 Å². The highest BCUT2D eigenvalue weighted by Gasteiger charge is 2.14. The Labute approximate surface area is 64.6 Å². The molecule has 0 aromatic carbocycles. The van der Waals surface area contributed by atoms with Gasteiger partial charge in [-0.25, -0.2) is 0 Å². The first-order valence-corrected chi connectivity index (χ1v) is 3.56. The lowest BCUT2D eigenvalue weighted by Gasteiger charge is -2.23. The van der Waals surface area contributed by atoms with Gasteiger partial charge in [0, 0.05) is 0 Å². The highest BCUT2D eigenvalue weighted by molar-refractivity contribution is 5.55. The minimum absolute atomic E-state index is 0.353. The Morgan fingerprint density at radius 3 is 3.27 bits per heavy atom. The number of aromatic nitrogens is 2. The quantitative estimate of drug-likeness (QED) is 0.592. The molecular formula is C7H9N3O. The summed E-state index contributed by atoms with van der Waals surface area (Å²) in [6, 6.07) is 0.353. The first-order valence-electron chi connectivity index (χ1n) is 3.56. The molecule has 0 spiro atoms. The molecule has 0 radical (unpaired) electrons. The van der Waals surface area contributed by atoms with E-state index >= 15 is 0 Å². The van der Waals surface area contributed by atoms with Gasteiger partial charge in [-0.2, -0.15) is 10.2 Å². The van der Waals surface area contributed by atoms with E-state index in [1.807, 2.05) is 0 Å². The third-order valence-corrected chi connectivity index (χ3v) is 1.58. The van der Waals surface area contributed by atoms with E-state index in [4.69, 9.17) is 4.74 Å². The van der Waals surface area contributed by atoms with E-state index in [1.165, 1.54) is 0 Å². The summed E-state index contributed by atoms with van der Waals surface area (Å²) >= 11 is 0. The van der Waals surface area contributed by atoms with Gasteiger partial charge in [0.15, 0.2) is 5.75 Å². The SMILES string of the molecule is CC1COc2cnncc2N1. The Morgan fingerprint density at radius 1 is 1.55 bits per heavy atom. The minimum atomic E-state index is 0.353. The molecule has 1 aliphatic rings. The molecule has 0 amide bonds. The minimum Gasteiger partial charge on any atom is -0.488 e. The second kappa shape index (κ2) is 2.38. The summed E-state index contributed by atoms with van der Waals surface area (Å²) in [7, 11) is 0. The molecule has 1 atom stereocenters. The van der Waals surface area contributed by atoms with Gasteiger partial charge in [0.05, 0.1) is 24.1 Å². The predicted octanol–water partition coefficient (Wildman–Crippen LogP) is 0.669. The van der Waals surface area contributed by atoms with Crippen molar-refractivity contribution < 1.29 is 4.74 Å². The highest BCUT2D eigenvalue weighted by Crippen LogP contribution is 2.25. The number of ether oxygens (including phenoxy) is 1. The summed E-state index contributed by atoms with van der Waals surface area (Å²) in [6.07, 6.45) is 3.29. The fourth-order valence-electron chi connectivity index (χ4n) is 1.06. The Morgan fingerprint density at radius 2 is 2.36 bits per heavy atom. The van der Waals surface area contributed by atoms with Crippen LogP contribution in [0.25, 0.3) is 0 Å². The van der Waals surface area contributed by atoms with Gasteiger partial charge in [0.2, 0.25) is 0 Å². The molecule has 2 heterocycles. The van der Waals surface area contributed by atoms with E-state index in [0.717, 1.165) is 11.4 Å². The maximum absolute atomic E-state index is 5.37. The maximum Gasteiger partial charge on any atom is 0.164 e. The highest BCUT2D eigenvalue weighted by atomic mass is 16.5. The average molecular weight is 151 g/mol. The lowest BCUT2D eigenvalue weighted by Crippen LogP contribution is -2.28. The van der Waals surface area contributed by atoms with Crippen LogP contribution in [0.2, 0.25) is 0 Å². The largest absolute Gasteiger partial charge is 0.488 e. The van der Waals surface area contributed by atoms with Crippen molar-refractivity contribution in [2.45, 2.75) is 13.0 Å². The van der Waals surface area contributed by atoms with Crippen LogP contribution in [-0.2, 0) is 0 Å². The third-order valence-electron chi connectivity index (χ3n) is 1.58. The van der Waals surface area contributed by atoms with Crippen molar-refractivity contribution in [1.29, 1.82) is 0 Å². The first-order chi connectivity index (χ1) is 5.36. The molecular weight excluding hydrogens is 142 g/mol. The van der Waals surface area contributed by atoms with Gasteiger partial charge >= 0.3 is 0 Å². The van der Waals surface area contributed by atoms with Gasteiger partial charge in [-0.3, -0.25) is 0 Å². The van der Waals surface area contributed by atoms with Crippen LogP contribution in [0, 0.1) is 0 Å². The van der Waals surface area contributed by atoms with Crippen molar-refractivity contribution in [3.05, 3.63) is 12.4 Å². The third kappa shape index (κ3) is 1.11. The van der Waals surface area contributed by atoms with Crippen LogP contribution < -0.4 is 10.1 Å². The zero-order valence-corrected chi connectivity index (χ0v) is 6.24. The molecule has 58 valence electrons. The van der Waals surface area contributed by atoms with Crippen LogP contribution in [0.4, 0.5) is 5.69 Å². The molecule has 4 heteroatoms. The van der Waals surface area contributed by atoms with Gasteiger partial charge < -0.3 is 10.1 Å². The lowest BCUT2D eigenvalue weighted by molar-refractivity contribution is 0.290. The van der Waals surface area contributed by atoms with Crippen LogP contribution >= 0.6 is 0 Å². The van der Waals surface area contributed by atoms with Crippen LogP contribution in [0.5, 0.6) is 5.75 Å². The van der Waals surface area contributed by atoms with E-state index in [-0.39, 0.29) is 0 Å². The number of fused-ring (bicyclic) bond motifs is 1. The molecule has 0 bridgehead atoms. The summed E-state index contributed by atoms with van der Waals surface area (Å²) in [4.78, 5) is 0. The zero-order chi connectivity index (χ0) is 7.68. The fourth-order valence-corrected chi connectivity index (χ4v) is 1.06. The number of hydrogen-bond acceptors (Lipinski definition) is 4. The monoisotopic (exact) mass is 151 g/mol. The molecule has 1 aromatic heterocycles. The molecule has 1 N–H and O–H groups in total. The number of nitrogens with zero attached hydrogens (tertiary/aromatic N) is 2. The van der Waals surface area contributed by atoms with E-state index in [1.54, 1.807) is 12.4 Å². The van der Waals surface area contributed by atoms with Gasteiger partial charge in [-0.1, -0.05) is 0 Å². The number of rotatable bonds is 0. The van der Waals surface area contributed by atoms with Crippen molar-refractivity contribution in [3.8, 4) is 5.75 Å². The summed E-state index contributed by atoms with van der Waals surface area (Å²) in [6.45, 7) is 2.75. The van der Waals surface area contributed by atoms with Crippen LogP contribution in [0.15, 0.2) is 12.4 Å². The van der Waals surface area contributed by atoms with E-state index in [2.05, 4.69) is 22.4 Å². The second-order valence-electron chi connectivity index (χ2n) is 2.62. The van der Waals surface area contributed by atoms with Crippen LogP contribution in [0.1, 0.15) is 6.92 Å². The molecule has 0 aliphatic carbocycles. The summed E-state index contributed by atoms with van der Waals surface area (Å²) < 4.78 is 5.37. The molecule has 0 saturated carbocycles. The Balaban J connectivity index is 2.34. The van der Waals surface area contributed by atoms with Crippen molar-refractivity contribution >= 4 is 5.69 Å². The first kappa shape index (κ1) is 6.39. The van der Waals surface area contributed by atoms with Gasteiger partial charge in [0.1, 0.15) is 6.61 Å². The van der Waals surface area contributed by atoms with E-state index in [0.29, 0.717) is 12.6 Å². The maximum atomic E-state index is 5.37. The van der Waals surface area contributed by atoms with E-state index in [9.17, 15) is 0 Å². The summed E-state index contributed by atoms with van der Waals surface area (Å²) in [5.41, 5.74) is 0.929. The predicted molar refractivity (Wildman–Crippen MR) is 40.6 cm³/mol. The average Bonchev–Trinajstić information content (AvgIpc) is 2.04. The topological polar surface area (TPSA) is 47.0 Å². The Bertz CT molecular complexity index is 264. The second-order valence-corrected chi connectivity index (χ2v) is 2.62. The van der Waals surface area contributed by atoms with Crippen molar-refractivity contribution in [2.75, 3.05) is 11.9 Å². The number of nitrogens with one attached hydrogen (secondary N) is 1. The molecule has 11 heavy (non-hydrogen) atoms. The summed E-state index contributed by atoms with van der Waals surface area (Å²) in [5.74, 6) is 0.790. The smallest absolute Gasteiger partial charge is 0.164 e. The van der Waals surface area contributed by atoms with Crippen LogP contribution in [0.3, 0.4) is 0 Å². The molecule has 2 rings (SSSR count). The van der Waals surface area contributed by atoms with Crippen LogP contribution in [-0.4, -0.2) is 22.8 Å². The molecule has 1 unspecified atom stereocenters. The Kier molecular flexibility index (Phi) is 1.38. The number of anilines is 1. The molecule has 0 saturated heterocycles. The Hall–Kier alpha value is -1.32. The molecule has 1 aliphatic heterocycles.